The highest BCUT2D eigenvalue weighted by Crippen LogP contribution is 2.30. The highest BCUT2D eigenvalue weighted by Gasteiger charge is 2.38. The molecule has 1 saturated heterocycles. The minimum atomic E-state index is -5.08. The van der Waals surface area contributed by atoms with Crippen molar-refractivity contribution in [2.24, 2.45) is 0 Å². The summed E-state index contributed by atoms with van der Waals surface area (Å²) in [5, 5.41) is 13.3. The van der Waals surface area contributed by atoms with Gasteiger partial charge in [-0.05, 0) is 35.9 Å². The Kier molecular flexibility index (Phi) is 10.6. The predicted molar refractivity (Wildman–Crippen MR) is 147 cm³/mol. The number of carboxylic acids is 1. The van der Waals surface area contributed by atoms with E-state index in [9.17, 15) is 26.4 Å². The lowest BCUT2D eigenvalue weighted by Gasteiger charge is -2.31. The van der Waals surface area contributed by atoms with Crippen molar-refractivity contribution in [1.82, 2.24) is 10.6 Å². The quantitative estimate of drug-likeness (QED) is 0.311. The fourth-order valence-electron chi connectivity index (χ4n) is 3.79. The van der Waals surface area contributed by atoms with Gasteiger partial charge in [-0.25, -0.2) is 13.2 Å². The van der Waals surface area contributed by atoms with E-state index in [2.05, 4.69) is 20.3 Å². The molecule has 14 heteroatoms. The highest BCUT2D eigenvalue weighted by atomic mass is 32.2. The van der Waals surface area contributed by atoms with Crippen molar-refractivity contribution < 1.29 is 41.0 Å². The smallest absolute Gasteiger partial charge is 0.490 e. The Morgan fingerprint density at radius 3 is 2.27 bits per heavy atom. The first-order valence-corrected chi connectivity index (χ1v) is 13.8. The van der Waals surface area contributed by atoms with Crippen LogP contribution in [0.3, 0.4) is 0 Å². The van der Waals surface area contributed by atoms with Gasteiger partial charge in [-0.15, -0.1) is 0 Å². The molecular formula is C27H29F3N4O6S. The monoisotopic (exact) mass is 594 g/mol. The highest BCUT2D eigenvalue weighted by molar-refractivity contribution is 7.92. The molecule has 41 heavy (non-hydrogen) atoms. The average molecular weight is 595 g/mol. The third-order valence-corrected chi connectivity index (χ3v) is 7.21. The lowest BCUT2D eigenvalue weighted by atomic mass is 10.1. The number of alkyl halides is 3. The maximum atomic E-state index is 13.2. The van der Waals surface area contributed by atoms with Crippen LogP contribution in [0.1, 0.15) is 15.9 Å². The maximum absolute atomic E-state index is 13.2. The number of methoxy groups -OCH3 is 1. The third-order valence-electron chi connectivity index (χ3n) is 5.85. The van der Waals surface area contributed by atoms with Crippen LogP contribution in [0.4, 0.5) is 24.5 Å². The summed E-state index contributed by atoms with van der Waals surface area (Å²) in [4.78, 5) is 23.9. The van der Waals surface area contributed by atoms with Crippen LogP contribution in [0, 0.1) is 0 Å². The molecular weight excluding hydrogens is 565 g/mol. The Morgan fingerprint density at radius 2 is 1.66 bits per heavy atom. The second kappa shape index (κ2) is 13.9. The van der Waals surface area contributed by atoms with Gasteiger partial charge in [0.1, 0.15) is 5.75 Å². The van der Waals surface area contributed by atoms with Gasteiger partial charge in [-0.2, -0.15) is 13.2 Å². The molecule has 0 spiro atoms. The number of carbonyl (C=O) groups is 2. The van der Waals surface area contributed by atoms with Crippen LogP contribution in [0.15, 0.2) is 77.7 Å². The van der Waals surface area contributed by atoms with E-state index >= 15 is 0 Å². The second-order valence-corrected chi connectivity index (χ2v) is 10.4. The number of carboxylic acid groups (broad SMARTS) is 1. The number of hydrogen-bond donors (Lipinski definition) is 4. The number of nitrogens with zero attached hydrogens (tertiary/aromatic N) is 1. The Bertz CT molecular complexity index is 1450. The molecule has 1 amide bonds. The zero-order chi connectivity index (χ0) is 30.0. The zero-order valence-electron chi connectivity index (χ0n) is 21.9. The topological polar surface area (TPSA) is 137 Å². The largest absolute Gasteiger partial charge is 0.497 e. The fraction of sp³-hybridized carbons (Fsp3) is 0.259. The van der Waals surface area contributed by atoms with E-state index in [-0.39, 0.29) is 10.8 Å². The molecule has 4 N–H and O–H groups in total. The molecule has 10 nitrogen and oxygen atoms in total. The third kappa shape index (κ3) is 9.11. The van der Waals surface area contributed by atoms with E-state index in [1.54, 1.807) is 30.3 Å². The van der Waals surface area contributed by atoms with Crippen LogP contribution in [-0.4, -0.2) is 64.9 Å². The number of hydrogen-bond acceptors (Lipinski definition) is 7. The van der Waals surface area contributed by atoms with E-state index in [1.807, 2.05) is 30.3 Å². The fourth-order valence-corrected chi connectivity index (χ4v) is 4.89. The molecule has 0 aromatic heterocycles. The summed E-state index contributed by atoms with van der Waals surface area (Å²) >= 11 is 0. The summed E-state index contributed by atoms with van der Waals surface area (Å²) in [6.45, 7) is 3.42. The number of aliphatic carboxylic acids is 1. The number of amides is 1. The minimum Gasteiger partial charge on any atom is -0.497 e. The average Bonchev–Trinajstić information content (AvgIpc) is 2.96. The molecule has 4 rings (SSSR count). The van der Waals surface area contributed by atoms with Gasteiger partial charge in [-0.1, -0.05) is 36.4 Å². The first kappa shape index (κ1) is 31.2. The van der Waals surface area contributed by atoms with Gasteiger partial charge in [-0.3, -0.25) is 9.52 Å². The number of ether oxygens (including phenoxy) is 1. The van der Waals surface area contributed by atoms with Crippen LogP contribution in [0.5, 0.6) is 5.75 Å². The van der Waals surface area contributed by atoms with Gasteiger partial charge in [0.15, 0.2) is 0 Å². The summed E-state index contributed by atoms with van der Waals surface area (Å²) in [6.07, 6.45) is -5.08. The maximum Gasteiger partial charge on any atom is 0.490 e. The SMILES string of the molecule is COc1cccc(S(=O)(=O)Nc2cc(C(=O)NCc3ccccc3)ccc2N2CCNCC2)c1.O=C(O)C(F)(F)F. The van der Waals surface area contributed by atoms with Gasteiger partial charge in [0.05, 0.1) is 23.4 Å². The first-order chi connectivity index (χ1) is 19.4. The number of nitrogens with one attached hydrogen (secondary N) is 3. The number of anilines is 2. The molecule has 1 fully saturated rings. The van der Waals surface area contributed by atoms with Crippen molar-refractivity contribution in [2.75, 3.05) is 42.9 Å². The van der Waals surface area contributed by atoms with Gasteiger partial charge in [0.25, 0.3) is 15.9 Å². The molecule has 3 aromatic carbocycles. The van der Waals surface area contributed by atoms with Crippen molar-refractivity contribution in [1.29, 1.82) is 0 Å². The molecule has 3 aromatic rings. The van der Waals surface area contributed by atoms with Crippen molar-refractivity contribution in [3.63, 3.8) is 0 Å². The van der Waals surface area contributed by atoms with Crippen molar-refractivity contribution >= 4 is 33.3 Å². The van der Waals surface area contributed by atoms with Crippen molar-refractivity contribution in [2.45, 2.75) is 17.6 Å². The van der Waals surface area contributed by atoms with E-state index in [1.165, 1.54) is 19.2 Å². The van der Waals surface area contributed by atoms with Crippen LogP contribution in [0.2, 0.25) is 0 Å². The second-order valence-electron chi connectivity index (χ2n) is 8.72. The number of sulfonamides is 1. The number of halogens is 3. The van der Waals surface area contributed by atoms with Crippen LogP contribution in [-0.2, 0) is 21.4 Å². The van der Waals surface area contributed by atoms with Gasteiger partial charge in [0.2, 0.25) is 0 Å². The lowest BCUT2D eigenvalue weighted by molar-refractivity contribution is -0.192. The van der Waals surface area contributed by atoms with Crippen LogP contribution < -0.4 is 25.0 Å². The number of rotatable bonds is 8. The Labute approximate surface area is 235 Å². The van der Waals surface area contributed by atoms with Crippen LogP contribution >= 0.6 is 0 Å². The Hall–Kier alpha value is -4.30. The molecule has 1 heterocycles. The minimum absolute atomic E-state index is 0.0806. The molecule has 0 radical (unpaired) electrons. The normalized spacial score (nSPS) is 13.4. The molecule has 0 bridgehead atoms. The van der Waals surface area contributed by atoms with Gasteiger partial charge in [0, 0.05) is 44.4 Å². The number of benzene rings is 3. The molecule has 0 unspecified atom stereocenters. The zero-order valence-corrected chi connectivity index (χ0v) is 22.8. The van der Waals surface area contributed by atoms with E-state index in [0.717, 1.165) is 37.4 Å². The van der Waals surface area contributed by atoms with E-state index in [4.69, 9.17) is 14.6 Å². The summed E-state index contributed by atoms with van der Waals surface area (Å²) in [5.41, 5.74) is 2.44. The van der Waals surface area contributed by atoms with E-state index in [0.29, 0.717) is 23.5 Å². The summed E-state index contributed by atoms with van der Waals surface area (Å²) in [5.74, 6) is -2.59. The van der Waals surface area contributed by atoms with Crippen molar-refractivity contribution in [3.05, 3.63) is 83.9 Å². The molecule has 0 atom stereocenters. The standard InChI is InChI=1S/C25H28N4O4S.C2HF3O2/c1-33-21-8-5-9-22(17-21)34(31,32)28-23-16-20(10-11-24(23)29-14-12-26-13-15-29)25(30)27-18-19-6-3-2-4-7-19;3-2(4,5)1(6)7/h2-11,16-17,26,28H,12-15,18H2,1H3,(H,27,30);(H,6,7). The Balaban J connectivity index is 0.000000587. The summed E-state index contributed by atoms with van der Waals surface area (Å²) in [7, 11) is -2.42. The molecule has 220 valence electrons. The lowest BCUT2D eigenvalue weighted by Crippen LogP contribution is -2.43. The van der Waals surface area contributed by atoms with Crippen LogP contribution in [0.25, 0.3) is 0 Å². The number of carbonyl (C=O) groups excluding carboxylic acids is 1. The molecule has 1 aliphatic heterocycles. The number of piperazine rings is 1. The van der Waals surface area contributed by atoms with Crippen molar-refractivity contribution in [3.8, 4) is 5.75 Å². The Morgan fingerprint density at radius 1 is 1.00 bits per heavy atom. The molecule has 0 saturated carbocycles. The molecule has 1 aliphatic rings. The molecule has 0 aliphatic carbocycles. The van der Waals surface area contributed by atoms with Gasteiger partial charge < -0.3 is 25.4 Å². The first-order valence-electron chi connectivity index (χ1n) is 12.3. The van der Waals surface area contributed by atoms with Gasteiger partial charge >= 0.3 is 12.1 Å². The predicted octanol–water partition coefficient (Wildman–Crippen LogP) is 3.47. The van der Waals surface area contributed by atoms with E-state index < -0.39 is 22.2 Å². The summed E-state index contributed by atoms with van der Waals surface area (Å²) < 4.78 is 66.0. The summed E-state index contributed by atoms with van der Waals surface area (Å²) in [6, 6.07) is 21.0.